The van der Waals surface area contributed by atoms with Crippen LogP contribution in [0.2, 0.25) is 0 Å². The van der Waals surface area contributed by atoms with Gasteiger partial charge in [-0.1, -0.05) is 0 Å². The summed E-state index contributed by atoms with van der Waals surface area (Å²) in [4.78, 5) is 10.9. The van der Waals surface area contributed by atoms with Crippen LogP contribution in [0.15, 0.2) is 24.4 Å². The van der Waals surface area contributed by atoms with E-state index in [1.165, 1.54) is 0 Å². The number of hydrogen-bond acceptors (Lipinski definition) is 2. The van der Waals surface area contributed by atoms with Crippen LogP contribution in [0.4, 0.5) is 0 Å². The largest absolute Gasteiger partial charge is 0.347 e. The Morgan fingerprint density at radius 3 is 2.93 bits per heavy atom. The third kappa shape index (κ3) is 1.40. The number of carbonyl (C=O) groups is 1. The molecule has 74 valence electrons. The van der Waals surface area contributed by atoms with Crippen LogP contribution in [0.5, 0.6) is 0 Å². The lowest BCUT2D eigenvalue weighted by Crippen LogP contribution is -1.90. The van der Waals surface area contributed by atoms with Crippen LogP contribution in [0.25, 0.3) is 10.9 Å². The second-order valence-corrected chi connectivity index (χ2v) is 3.33. The first-order chi connectivity index (χ1) is 7.30. The predicted molar refractivity (Wildman–Crippen MR) is 57.7 cm³/mol. The molecule has 1 aromatic heterocycles. The smallest absolute Gasteiger partial charge is 0.152 e. The number of hydrogen-bond donors (Lipinski definition) is 0. The van der Waals surface area contributed by atoms with Crippen LogP contribution < -0.4 is 0 Å². The Balaban J connectivity index is 2.81. The lowest BCUT2D eigenvalue weighted by molar-refractivity contribution is 0.112. The summed E-state index contributed by atoms with van der Waals surface area (Å²) in [5.41, 5.74) is 2.22. The summed E-state index contributed by atoms with van der Waals surface area (Å²) in [7, 11) is 0. The third-order valence-electron chi connectivity index (χ3n) is 2.51. The van der Waals surface area contributed by atoms with E-state index in [1.807, 2.05) is 23.8 Å². The Hall–Kier alpha value is -2.08. The van der Waals surface area contributed by atoms with Crippen molar-refractivity contribution in [1.29, 1.82) is 5.26 Å². The van der Waals surface area contributed by atoms with Crippen LogP contribution in [0.1, 0.15) is 22.8 Å². The minimum absolute atomic E-state index is 0.583. The fraction of sp³-hybridized carbons (Fsp3) is 0.167. The molecular weight excluding hydrogens is 188 g/mol. The van der Waals surface area contributed by atoms with Gasteiger partial charge in [-0.15, -0.1) is 0 Å². The van der Waals surface area contributed by atoms with Crippen molar-refractivity contribution in [2.45, 2.75) is 13.5 Å². The van der Waals surface area contributed by atoms with E-state index in [-0.39, 0.29) is 0 Å². The first kappa shape index (κ1) is 9.47. The Morgan fingerprint density at radius 2 is 2.33 bits per heavy atom. The van der Waals surface area contributed by atoms with Crippen LogP contribution in [0, 0.1) is 11.3 Å². The minimum atomic E-state index is 0.583. The maximum atomic E-state index is 10.9. The SMILES string of the molecule is CCn1cc(C=O)c2cc(C#N)ccc21. The molecule has 0 N–H and O–H groups in total. The molecule has 3 heteroatoms. The van der Waals surface area contributed by atoms with Crippen LogP contribution in [-0.4, -0.2) is 10.9 Å². The molecule has 3 nitrogen and oxygen atoms in total. The second kappa shape index (κ2) is 3.58. The zero-order valence-corrected chi connectivity index (χ0v) is 8.40. The molecule has 2 aromatic rings. The van der Waals surface area contributed by atoms with Gasteiger partial charge in [-0.3, -0.25) is 4.79 Å². The van der Waals surface area contributed by atoms with Gasteiger partial charge in [-0.2, -0.15) is 5.26 Å². The van der Waals surface area contributed by atoms with Gasteiger partial charge < -0.3 is 4.57 Å². The van der Waals surface area contributed by atoms with Crippen molar-refractivity contribution in [3.05, 3.63) is 35.5 Å². The van der Waals surface area contributed by atoms with E-state index in [4.69, 9.17) is 5.26 Å². The van der Waals surface area contributed by atoms with Crippen molar-refractivity contribution in [3.63, 3.8) is 0 Å². The third-order valence-corrected chi connectivity index (χ3v) is 2.51. The summed E-state index contributed by atoms with van der Waals surface area (Å²) in [6.07, 6.45) is 2.65. The van der Waals surface area contributed by atoms with Crippen LogP contribution >= 0.6 is 0 Å². The number of aryl methyl sites for hydroxylation is 1. The number of nitrogens with zero attached hydrogens (tertiary/aromatic N) is 2. The molecule has 0 atom stereocenters. The highest BCUT2D eigenvalue weighted by Gasteiger charge is 2.07. The molecule has 0 aliphatic rings. The van der Waals surface area contributed by atoms with Gasteiger partial charge in [0.1, 0.15) is 0 Å². The molecule has 2 rings (SSSR count). The number of aromatic nitrogens is 1. The zero-order chi connectivity index (χ0) is 10.8. The Morgan fingerprint density at radius 1 is 1.53 bits per heavy atom. The molecule has 0 saturated heterocycles. The summed E-state index contributed by atoms with van der Waals surface area (Å²) < 4.78 is 2.00. The molecule has 15 heavy (non-hydrogen) atoms. The monoisotopic (exact) mass is 198 g/mol. The molecule has 0 unspecified atom stereocenters. The first-order valence-electron chi connectivity index (χ1n) is 4.78. The normalized spacial score (nSPS) is 10.1. The van der Waals surface area contributed by atoms with Crippen molar-refractivity contribution in [3.8, 4) is 6.07 Å². The van der Waals surface area contributed by atoms with Gasteiger partial charge in [0.2, 0.25) is 0 Å². The lowest BCUT2D eigenvalue weighted by Gasteiger charge is -1.99. The molecule has 0 aliphatic heterocycles. The molecule has 0 fully saturated rings. The lowest BCUT2D eigenvalue weighted by atomic mass is 10.1. The topological polar surface area (TPSA) is 45.8 Å². The molecule has 0 spiro atoms. The van der Waals surface area contributed by atoms with E-state index >= 15 is 0 Å². The first-order valence-corrected chi connectivity index (χ1v) is 4.78. The van der Waals surface area contributed by atoms with Gasteiger partial charge in [0, 0.05) is 29.2 Å². The molecule has 0 saturated carbocycles. The summed E-state index contributed by atoms with van der Waals surface area (Å²) in [5.74, 6) is 0. The van der Waals surface area contributed by atoms with E-state index in [1.54, 1.807) is 12.1 Å². The standard InChI is InChI=1S/C12H10N2O/c1-2-14-7-10(8-15)11-5-9(6-13)3-4-12(11)14/h3-5,7-8H,2H2,1H3. The number of benzene rings is 1. The Kier molecular flexibility index (Phi) is 2.26. The number of nitriles is 1. The predicted octanol–water partition coefficient (Wildman–Crippen LogP) is 2.35. The van der Waals surface area contributed by atoms with Gasteiger partial charge in [-0.25, -0.2) is 0 Å². The average Bonchev–Trinajstić information content (AvgIpc) is 2.65. The average molecular weight is 198 g/mol. The van der Waals surface area contributed by atoms with Crippen molar-refractivity contribution in [2.24, 2.45) is 0 Å². The molecule has 1 heterocycles. The Labute approximate surface area is 87.5 Å². The maximum Gasteiger partial charge on any atom is 0.152 e. The highest BCUT2D eigenvalue weighted by molar-refractivity contribution is 5.98. The molecule has 0 bridgehead atoms. The summed E-state index contributed by atoms with van der Waals surface area (Å²) in [5, 5.41) is 9.63. The molecule has 1 aromatic carbocycles. The van der Waals surface area contributed by atoms with Gasteiger partial charge in [0.25, 0.3) is 0 Å². The fourth-order valence-corrected chi connectivity index (χ4v) is 1.75. The van der Waals surface area contributed by atoms with Gasteiger partial charge >= 0.3 is 0 Å². The van der Waals surface area contributed by atoms with Crippen LogP contribution in [-0.2, 0) is 6.54 Å². The van der Waals surface area contributed by atoms with Gasteiger partial charge in [-0.05, 0) is 25.1 Å². The summed E-state index contributed by atoms with van der Waals surface area (Å²) >= 11 is 0. The van der Waals surface area contributed by atoms with Gasteiger partial charge in [0.05, 0.1) is 11.6 Å². The van der Waals surface area contributed by atoms with E-state index < -0.39 is 0 Å². The molecular formula is C12H10N2O. The van der Waals surface area contributed by atoms with Crippen molar-refractivity contribution in [1.82, 2.24) is 4.57 Å². The molecule has 0 radical (unpaired) electrons. The van der Waals surface area contributed by atoms with E-state index in [0.717, 1.165) is 23.7 Å². The maximum absolute atomic E-state index is 10.9. The zero-order valence-electron chi connectivity index (χ0n) is 8.40. The van der Waals surface area contributed by atoms with E-state index in [0.29, 0.717) is 11.1 Å². The summed E-state index contributed by atoms with van der Waals surface area (Å²) in [6.45, 7) is 2.84. The molecule has 0 aliphatic carbocycles. The number of rotatable bonds is 2. The fourth-order valence-electron chi connectivity index (χ4n) is 1.75. The minimum Gasteiger partial charge on any atom is -0.347 e. The number of aldehydes is 1. The van der Waals surface area contributed by atoms with Gasteiger partial charge in [0.15, 0.2) is 6.29 Å². The number of carbonyl (C=O) groups excluding carboxylic acids is 1. The highest BCUT2D eigenvalue weighted by Crippen LogP contribution is 2.21. The van der Waals surface area contributed by atoms with Crippen molar-refractivity contribution in [2.75, 3.05) is 0 Å². The van der Waals surface area contributed by atoms with Crippen LogP contribution in [0.3, 0.4) is 0 Å². The highest BCUT2D eigenvalue weighted by atomic mass is 16.1. The Bertz CT molecular complexity index is 561. The van der Waals surface area contributed by atoms with Crippen molar-refractivity contribution < 1.29 is 4.79 Å². The van der Waals surface area contributed by atoms with E-state index in [2.05, 4.69) is 6.07 Å². The molecule has 0 amide bonds. The number of fused-ring (bicyclic) bond motifs is 1. The quantitative estimate of drug-likeness (QED) is 0.695. The van der Waals surface area contributed by atoms with E-state index in [9.17, 15) is 4.79 Å². The second-order valence-electron chi connectivity index (χ2n) is 3.33. The summed E-state index contributed by atoms with van der Waals surface area (Å²) in [6, 6.07) is 7.47. The van der Waals surface area contributed by atoms with Crippen molar-refractivity contribution >= 4 is 17.2 Å².